The van der Waals surface area contributed by atoms with Gasteiger partial charge >= 0.3 is 0 Å². The van der Waals surface area contributed by atoms with Crippen LogP contribution in [0.15, 0.2) is 133 Å². The zero-order valence-corrected chi connectivity index (χ0v) is 28.3. The predicted octanol–water partition coefficient (Wildman–Crippen LogP) is 8.64. The molecule has 48 heavy (non-hydrogen) atoms. The largest absolute Gasteiger partial charge is 0.487 e. The summed E-state index contributed by atoms with van der Waals surface area (Å²) in [5.41, 5.74) is 3.79. The van der Waals surface area contributed by atoms with E-state index >= 15 is 0 Å². The summed E-state index contributed by atoms with van der Waals surface area (Å²) in [5.74, 6) is 0.833. The third-order valence-corrected chi connectivity index (χ3v) is 8.35. The molecular weight excluding hydrogens is 600 g/mol. The number of hydrogen-bond acceptors (Lipinski definition) is 6. The second-order valence-corrected chi connectivity index (χ2v) is 13.2. The zero-order valence-electron chi connectivity index (χ0n) is 28.3. The van der Waals surface area contributed by atoms with Gasteiger partial charge in [-0.05, 0) is 34.8 Å². The summed E-state index contributed by atoms with van der Waals surface area (Å²) < 4.78 is 33.2. The van der Waals surface area contributed by atoms with E-state index in [1.54, 1.807) is 0 Å². The Morgan fingerprint density at radius 1 is 0.625 bits per heavy atom. The standard InChI is InChI=1S/C42H48O6/c1-42(2,3)38(43)26-16-25-36-39(45-28-33-19-10-5-11-20-33)41(47-30-35-23-14-7-15-24-35)40(46-29-34-21-12-6-13-22-34)37(48-36)31-44-27-32-17-8-4-9-18-32/h4-15,17-25,37,39-41H,16,26-31H2,1-3H3/b36-25+/t37-,39+,40-,41-/m1/s1. The van der Waals surface area contributed by atoms with Gasteiger partial charge in [-0.1, -0.05) is 142 Å². The number of hydrogen-bond donors (Lipinski definition) is 0. The highest BCUT2D eigenvalue weighted by molar-refractivity contribution is 5.83. The van der Waals surface area contributed by atoms with Crippen LogP contribution in [0.25, 0.3) is 0 Å². The lowest BCUT2D eigenvalue weighted by atomic mass is 9.88. The maximum atomic E-state index is 12.9. The van der Waals surface area contributed by atoms with Crippen molar-refractivity contribution < 1.29 is 28.5 Å². The minimum absolute atomic E-state index is 0.195. The molecule has 0 radical (unpaired) electrons. The Balaban J connectivity index is 1.46. The first-order valence-electron chi connectivity index (χ1n) is 16.8. The third kappa shape index (κ3) is 10.7. The molecule has 1 fully saturated rings. The molecule has 0 bridgehead atoms. The van der Waals surface area contributed by atoms with E-state index in [4.69, 9.17) is 23.7 Å². The third-order valence-electron chi connectivity index (χ3n) is 8.35. The van der Waals surface area contributed by atoms with Crippen LogP contribution in [0.2, 0.25) is 0 Å². The summed E-state index contributed by atoms with van der Waals surface area (Å²) >= 11 is 0. The molecule has 1 heterocycles. The molecule has 1 aliphatic heterocycles. The van der Waals surface area contributed by atoms with Gasteiger partial charge in [0.1, 0.15) is 29.9 Å². The highest BCUT2D eigenvalue weighted by Crippen LogP contribution is 2.33. The SMILES string of the molecule is CC(C)(C)C(=O)CC/C=C1/O[C@H](COCc2ccccc2)[C@@H](OCc2ccccc2)[C@H](OCc2ccccc2)[C@H]1OCc1ccccc1. The molecule has 0 aromatic heterocycles. The Labute approximate surface area is 285 Å². The zero-order chi connectivity index (χ0) is 33.6. The van der Waals surface area contributed by atoms with Crippen LogP contribution >= 0.6 is 0 Å². The molecule has 252 valence electrons. The minimum Gasteiger partial charge on any atom is -0.487 e. The first-order valence-corrected chi connectivity index (χ1v) is 16.8. The summed E-state index contributed by atoms with van der Waals surface area (Å²) in [4.78, 5) is 12.9. The van der Waals surface area contributed by atoms with Crippen LogP contribution in [0.4, 0.5) is 0 Å². The molecule has 0 saturated carbocycles. The topological polar surface area (TPSA) is 63.2 Å². The molecule has 0 unspecified atom stereocenters. The first kappa shape index (κ1) is 35.2. The van der Waals surface area contributed by atoms with E-state index in [-0.39, 0.29) is 12.4 Å². The lowest BCUT2D eigenvalue weighted by Crippen LogP contribution is -2.56. The predicted molar refractivity (Wildman–Crippen MR) is 188 cm³/mol. The Hall–Kier alpha value is -4.07. The second-order valence-electron chi connectivity index (χ2n) is 13.2. The van der Waals surface area contributed by atoms with Crippen LogP contribution in [-0.2, 0) is 54.9 Å². The van der Waals surface area contributed by atoms with E-state index in [2.05, 4.69) is 0 Å². The minimum atomic E-state index is -0.579. The Bertz CT molecular complexity index is 1530. The number of allylic oxidation sites excluding steroid dienone is 1. The van der Waals surface area contributed by atoms with Gasteiger partial charge in [-0.15, -0.1) is 0 Å². The van der Waals surface area contributed by atoms with Gasteiger partial charge in [-0.25, -0.2) is 0 Å². The van der Waals surface area contributed by atoms with E-state index < -0.39 is 29.8 Å². The van der Waals surface area contributed by atoms with E-state index in [1.165, 1.54) is 0 Å². The van der Waals surface area contributed by atoms with Gasteiger partial charge in [0.05, 0.1) is 33.0 Å². The van der Waals surface area contributed by atoms with Crippen molar-refractivity contribution in [3.05, 3.63) is 155 Å². The normalized spacial score (nSPS) is 20.4. The summed E-state index contributed by atoms with van der Waals surface area (Å²) in [6, 6.07) is 40.4. The van der Waals surface area contributed by atoms with Crippen molar-refractivity contribution in [3.63, 3.8) is 0 Å². The Morgan fingerprint density at radius 3 is 1.54 bits per heavy atom. The maximum Gasteiger partial charge on any atom is 0.150 e. The highest BCUT2D eigenvalue weighted by atomic mass is 16.6. The van der Waals surface area contributed by atoms with Gasteiger partial charge in [-0.3, -0.25) is 4.79 Å². The average Bonchev–Trinajstić information content (AvgIpc) is 3.11. The van der Waals surface area contributed by atoms with E-state index in [0.29, 0.717) is 45.0 Å². The lowest BCUT2D eigenvalue weighted by Gasteiger charge is -2.43. The number of carbonyl (C=O) groups excluding carboxylic acids is 1. The van der Waals surface area contributed by atoms with E-state index in [0.717, 1.165) is 22.3 Å². The Kier molecular flexibility index (Phi) is 13.1. The molecular formula is C42H48O6. The molecule has 4 aromatic carbocycles. The summed E-state index contributed by atoms with van der Waals surface area (Å²) in [7, 11) is 0. The first-order chi connectivity index (χ1) is 23.4. The molecule has 1 aliphatic rings. The summed E-state index contributed by atoms with van der Waals surface area (Å²) in [6.07, 6.45) is 0.815. The molecule has 5 rings (SSSR count). The monoisotopic (exact) mass is 648 g/mol. The number of rotatable bonds is 16. The van der Waals surface area contributed by atoms with Crippen LogP contribution in [0, 0.1) is 5.41 Å². The van der Waals surface area contributed by atoms with Crippen molar-refractivity contribution in [2.75, 3.05) is 6.61 Å². The molecule has 4 aromatic rings. The maximum absolute atomic E-state index is 12.9. The molecule has 0 amide bonds. The molecule has 0 spiro atoms. The van der Waals surface area contributed by atoms with Crippen molar-refractivity contribution in [1.82, 2.24) is 0 Å². The molecule has 6 heteroatoms. The smallest absolute Gasteiger partial charge is 0.150 e. The number of carbonyl (C=O) groups is 1. The van der Waals surface area contributed by atoms with Gasteiger partial charge in [0.2, 0.25) is 0 Å². The van der Waals surface area contributed by atoms with Crippen molar-refractivity contribution in [2.45, 2.75) is 84.5 Å². The van der Waals surface area contributed by atoms with Crippen molar-refractivity contribution >= 4 is 5.78 Å². The fourth-order valence-corrected chi connectivity index (χ4v) is 5.59. The number of ether oxygens (including phenoxy) is 5. The molecule has 4 atom stereocenters. The van der Waals surface area contributed by atoms with Crippen LogP contribution < -0.4 is 0 Å². The van der Waals surface area contributed by atoms with Gasteiger partial charge in [0, 0.05) is 11.8 Å². The van der Waals surface area contributed by atoms with Crippen molar-refractivity contribution in [1.29, 1.82) is 0 Å². The number of benzene rings is 4. The summed E-state index contributed by atoms with van der Waals surface area (Å²) in [6.45, 7) is 7.68. The van der Waals surface area contributed by atoms with Gasteiger partial charge in [0.15, 0.2) is 6.10 Å². The van der Waals surface area contributed by atoms with Crippen molar-refractivity contribution in [2.24, 2.45) is 5.41 Å². The second kappa shape index (κ2) is 17.9. The van der Waals surface area contributed by atoms with Crippen LogP contribution in [0.5, 0.6) is 0 Å². The number of Topliss-reactive ketones (excluding diaryl/α,β-unsaturated/α-hetero) is 1. The van der Waals surface area contributed by atoms with Crippen molar-refractivity contribution in [3.8, 4) is 0 Å². The molecule has 0 N–H and O–H groups in total. The van der Waals surface area contributed by atoms with Crippen LogP contribution in [0.3, 0.4) is 0 Å². The lowest BCUT2D eigenvalue weighted by molar-refractivity contribution is -0.223. The fraction of sp³-hybridized carbons (Fsp3) is 0.357. The van der Waals surface area contributed by atoms with Gasteiger partial charge in [-0.2, -0.15) is 0 Å². The van der Waals surface area contributed by atoms with E-state index in [1.807, 2.05) is 148 Å². The highest BCUT2D eigenvalue weighted by Gasteiger charge is 2.46. The van der Waals surface area contributed by atoms with Crippen LogP contribution in [-0.4, -0.2) is 36.8 Å². The van der Waals surface area contributed by atoms with Gasteiger partial charge in [0.25, 0.3) is 0 Å². The summed E-state index contributed by atoms with van der Waals surface area (Å²) in [5, 5.41) is 0. The Morgan fingerprint density at radius 2 is 1.06 bits per heavy atom. The quantitative estimate of drug-likeness (QED) is 0.121. The van der Waals surface area contributed by atoms with E-state index in [9.17, 15) is 4.79 Å². The molecule has 6 nitrogen and oxygen atoms in total. The molecule has 1 saturated heterocycles. The van der Waals surface area contributed by atoms with Gasteiger partial charge < -0.3 is 23.7 Å². The number of ketones is 1. The molecule has 0 aliphatic carbocycles. The average molecular weight is 649 g/mol. The van der Waals surface area contributed by atoms with Crippen LogP contribution in [0.1, 0.15) is 55.9 Å². The fourth-order valence-electron chi connectivity index (χ4n) is 5.59.